The first kappa shape index (κ1) is 20.5. The van der Waals surface area contributed by atoms with Crippen molar-refractivity contribution in [3.63, 3.8) is 0 Å². The molecule has 7 heteroatoms. The van der Waals surface area contributed by atoms with Crippen LogP contribution in [0, 0.1) is 0 Å². The zero-order valence-electron chi connectivity index (χ0n) is 17.8. The number of thioether (sulfide) groups is 1. The van der Waals surface area contributed by atoms with E-state index in [0.29, 0.717) is 11.0 Å². The Hall–Kier alpha value is -2.80. The zero-order valence-corrected chi connectivity index (χ0v) is 18.6. The third kappa shape index (κ3) is 3.81. The topological polar surface area (TPSA) is 77.0 Å². The maximum absolute atomic E-state index is 12.9. The Kier molecular flexibility index (Phi) is 5.32. The summed E-state index contributed by atoms with van der Waals surface area (Å²) in [6.45, 7) is 8.61. The van der Waals surface area contributed by atoms with Crippen LogP contribution in [-0.4, -0.2) is 32.6 Å². The van der Waals surface area contributed by atoms with Crippen LogP contribution >= 0.6 is 11.8 Å². The van der Waals surface area contributed by atoms with Gasteiger partial charge in [-0.2, -0.15) is 0 Å². The zero-order chi connectivity index (χ0) is 21.5. The van der Waals surface area contributed by atoms with Crippen molar-refractivity contribution in [2.75, 3.05) is 16.5 Å². The van der Waals surface area contributed by atoms with E-state index in [1.807, 2.05) is 35.2 Å². The highest BCUT2D eigenvalue weighted by Crippen LogP contribution is 2.33. The molecule has 2 aromatic carbocycles. The van der Waals surface area contributed by atoms with Crippen molar-refractivity contribution in [1.29, 1.82) is 0 Å². The number of nitrogen functional groups attached to an aromatic ring is 1. The fourth-order valence-electron chi connectivity index (χ4n) is 3.83. The number of nitrogens with zero attached hydrogens (tertiary/aromatic N) is 4. The summed E-state index contributed by atoms with van der Waals surface area (Å²) >= 11 is 1.31. The van der Waals surface area contributed by atoms with Gasteiger partial charge in [-0.05, 0) is 36.0 Å². The number of carbonyl (C=O) groups excluding carboxylic acids is 1. The summed E-state index contributed by atoms with van der Waals surface area (Å²) in [6.07, 6.45) is 0.883. The average molecular weight is 422 g/mol. The van der Waals surface area contributed by atoms with Gasteiger partial charge in [-0.15, -0.1) is 10.2 Å². The third-order valence-corrected chi connectivity index (χ3v) is 6.40. The van der Waals surface area contributed by atoms with Gasteiger partial charge in [0.05, 0.1) is 5.75 Å². The molecular formula is C23H27N5OS. The molecule has 0 saturated carbocycles. The molecule has 0 fully saturated rings. The van der Waals surface area contributed by atoms with E-state index in [2.05, 4.69) is 56.1 Å². The van der Waals surface area contributed by atoms with Crippen LogP contribution < -0.4 is 10.7 Å². The Bertz CT molecular complexity index is 1070. The summed E-state index contributed by atoms with van der Waals surface area (Å²) in [4.78, 5) is 14.8. The minimum Gasteiger partial charge on any atom is -0.335 e. The molecule has 2 heterocycles. The molecule has 156 valence electrons. The second-order valence-electron chi connectivity index (χ2n) is 8.74. The van der Waals surface area contributed by atoms with Crippen LogP contribution in [0.15, 0.2) is 53.7 Å². The molecule has 0 radical (unpaired) electrons. The first-order chi connectivity index (χ1) is 14.3. The number of anilines is 1. The van der Waals surface area contributed by atoms with Gasteiger partial charge >= 0.3 is 0 Å². The van der Waals surface area contributed by atoms with Gasteiger partial charge in [0, 0.05) is 17.3 Å². The van der Waals surface area contributed by atoms with Crippen LogP contribution in [0.2, 0.25) is 0 Å². The molecule has 0 aliphatic carbocycles. The minimum atomic E-state index is 0.0523. The Balaban J connectivity index is 1.47. The van der Waals surface area contributed by atoms with Crippen LogP contribution in [0.1, 0.15) is 38.8 Å². The van der Waals surface area contributed by atoms with Gasteiger partial charge in [-0.25, -0.2) is 4.68 Å². The highest BCUT2D eigenvalue weighted by molar-refractivity contribution is 7.99. The number of carbonyl (C=O) groups is 1. The lowest BCUT2D eigenvalue weighted by Crippen LogP contribution is -2.37. The molecular weight excluding hydrogens is 394 g/mol. The molecule has 1 atom stereocenters. The Morgan fingerprint density at radius 1 is 1.13 bits per heavy atom. The number of aromatic nitrogens is 3. The number of rotatable bonds is 4. The molecule has 30 heavy (non-hydrogen) atoms. The second-order valence-corrected chi connectivity index (χ2v) is 9.68. The molecule has 4 rings (SSSR count). The van der Waals surface area contributed by atoms with E-state index in [1.165, 1.54) is 27.6 Å². The van der Waals surface area contributed by atoms with Crippen LogP contribution in [0.5, 0.6) is 0 Å². The van der Waals surface area contributed by atoms with Gasteiger partial charge < -0.3 is 10.7 Å². The quantitative estimate of drug-likeness (QED) is 0.508. The van der Waals surface area contributed by atoms with Gasteiger partial charge in [-0.3, -0.25) is 4.79 Å². The molecule has 1 aromatic heterocycles. The number of para-hydroxylation sites is 1. The van der Waals surface area contributed by atoms with Gasteiger partial charge in [0.2, 0.25) is 11.1 Å². The number of fused-ring (bicyclic) bond motifs is 1. The van der Waals surface area contributed by atoms with Crippen molar-refractivity contribution in [3.8, 4) is 11.4 Å². The monoisotopic (exact) mass is 421 g/mol. The van der Waals surface area contributed by atoms with E-state index < -0.39 is 0 Å². The van der Waals surface area contributed by atoms with E-state index in [9.17, 15) is 4.79 Å². The largest absolute Gasteiger partial charge is 0.335 e. The van der Waals surface area contributed by atoms with Crippen LogP contribution in [-0.2, 0) is 16.6 Å². The van der Waals surface area contributed by atoms with Crippen LogP contribution in [0.4, 0.5) is 5.69 Å². The fourth-order valence-corrected chi connectivity index (χ4v) is 4.55. The molecule has 1 aliphatic heterocycles. The molecule has 0 spiro atoms. The number of hydrogen-bond acceptors (Lipinski definition) is 5. The molecule has 6 nitrogen and oxygen atoms in total. The molecule has 1 aliphatic rings. The highest BCUT2D eigenvalue weighted by atomic mass is 32.2. The normalized spacial score (nSPS) is 16.0. The van der Waals surface area contributed by atoms with Crippen LogP contribution in [0.3, 0.4) is 0 Å². The molecule has 0 saturated heterocycles. The lowest BCUT2D eigenvalue weighted by molar-refractivity contribution is -0.116. The smallest absolute Gasteiger partial charge is 0.237 e. The van der Waals surface area contributed by atoms with E-state index in [4.69, 9.17) is 5.84 Å². The predicted octanol–water partition coefficient (Wildman–Crippen LogP) is 4.03. The molecule has 1 amide bonds. The van der Waals surface area contributed by atoms with Crippen molar-refractivity contribution in [2.45, 2.75) is 50.7 Å². The standard InChI is InChI=1S/C23H27N5OS/c1-15-13-17-7-5-6-8-19(17)27(15)20(29)14-30-22-26-25-21(28(22)24)16-9-11-18(12-10-16)23(2,3)4/h5-12,15H,13-14,24H2,1-4H3. The number of benzene rings is 2. The van der Waals surface area contributed by atoms with Crippen LogP contribution in [0.25, 0.3) is 11.4 Å². The second kappa shape index (κ2) is 7.80. The molecule has 0 bridgehead atoms. The van der Waals surface area contributed by atoms with Crippen molar-refractivity contribution in [2.24, 2.45) is 0 Å². The molecule has 3 aromatic rings. The first-order valence-corrected chi connectivity index (χ1v) is 11.1. The van der Waals surface area contributed by atoms with E-state index in [1.54, 1.807) is 0 Å². The highest BCUT2D eigenvalue weighted by Gasteiger charge is 2.30. The average Bonchev–Trinajstić information content (AvgIpc) is 3.24. The summed E-state index contributed by atoms with van der Waals surface area (Å²) in [6, 6.07) is 16.4. The number of hydrogen-bond donors (Lipinski definition) is 1. The van der Waals surface area contributed by atoms with Crippen molar-refractivity contribution >= 4 is 23.4 Å². The summed E-state index contributed by atoms with van der Waals surface area (Å²) in [5, 5.41) is 8.98. The van der Waals surface area contributed by atoms with E-state index in [0.717, 1.165) is 17.7 Å². The predicted molar refractivity (Wildman–Crippen MR) is 122 cm³/mol. The Labute approximate surface area is 181 Å². The summed E-state index contributed by atoms with van der Waals surface area (Å²) < 4.78 is 1.46. The maximum atomic E-state index is 12.9. The SMILES string of the molecule is CC1Cc2ccccc2N1C(=O)CSc1nnc(-c2ccc(C(C)(C)C)cc2)n1N. The Morgan fingerprint density at radius 2 is 1.83 bits per heavy atom. The van der Waals surface area contributed by atoms with E-state index >= 15 is 0 Å². The summed E-state index contributed by atoms with van der Waals surface area (Å²) in [7, 11) is 0. The van der Waals surface area contributed by atoms with Gasteiger partial charge in [0.25, 0.3) is 0 Å². The van der Waals surface area contributed by atoms with Gasteiger partial charge in [-0.1, -0.05) is 75.0 Å². The maximum Gasteiger partial charge on any atom is 0.237 e. The number of amides is 1. The van der Waals surface area contributed by atoms with E-state index in [-0.39, 0.29) is 23.1 Å². The minimum absolute atomic E-state index is 0.0523. The Morgan fingerprint density at radius 3 is 2.53 bits per heavy atom. The van der Waals surface area contributed by atoms with Gasteiger partial charge in [0.1, 0.15) is 0 Å². The number of nitrogens with two attached hydrogens (primary N) is 1. The van der Waals surface area contributed by atoms with Crippen molar-refractivity contribution < 1.29 is 4.79 Å². The van der Waals surface area contributed by atoms with Crippen molar-refractivity contribution in [3.05, 3.63) is 59.7 Å². The summed E-state index contributed by atoms with van der Waals surface area (Å²) in [5.74, 6) is 7.15. The first-order valence-electron chi connectivity index (χ1n) is 10.1. The third-order valence-electron chi connectivity index (χ3n) is 5.47. The molecule has 2 N–H and O–H groups in total. The lowest BCUT2D eigenvalue weighted by atomic mass is 9.87. The summed E-state index contributed by atoms with van der Waals surface area (Å²) in [5.41, 5.74) is 4.45. The van der Waals surface area contributed by atoms with Crippen molar-refractivity contribution in [1.82, 2.24) is 14.9 Å². The molecule has 1 unspecified atom stereocenters. The van der Waals surface area contributed by atoms with Gasteiger partial charge in [0.15, 0.2) is 5.82 Å². The lowest BCUT2D eigenvalue weighted by Gasteiger charge is -2.22. The fraction of sp³-hybridized carbons (Fsp3) is 0.348.